The van der Waals surface area contributed by atoms with Crippen LogP contribution in [0, 0.1) is 0 Å². The van der Waals surface area contributed by atoms with Gasteiger partial charge in [0.05, 0.1) is 5.39 Å². The first-order chi connectivity index (χ1) is 14.2. The molecular formula is C20H17N5O2S2. The van der Waals surface area contributed by atoms with Crippen molar-refractivity contribution in [1.29, 1.82) is 0 Å². The topological polar surface area (TPSA) is 101 Å². The zero-order chi connectivity index (χ0) is 19.8. The molecule has 7 nitrogen and oxygen atoms in total. The summed E-state index contributed by atoms with van der Waals surface area (Å²) >= 11 is 2.93. The Kier molecular flexibility index (Phi) is 4.69. The fourth-order valence-corrected chi connectivity index (χ4v) is 5.60. The second-order valence-electron chi connectivity index (χ2n) is 6.88. The van der Waals surface area contributed by atoms with Crippen molar-refractivity contribution in [3.63, 3.8) is 0 Å². The van der Waals surface area contributed by atoms with E-state index in [0.717, 1.165) is 45.6 Å². The number of hydrogen-bond donors (Lipinski definition) is 2. The van der Waals surface area contributed by atoms with E-state index in [4.69, 9.17) is 0 Å². The Bertz CT molecular complexity index is 1260. The Morgan fingerprint density at radius 2 is 2.00 bits per heavy atom. The predicted octanol–water partition coefficient (Wildman–Crippen LogP) is 3.56. The number of rotatable bonds is 5. The summed E-state index contributed by atoms with van der Waals surface area (Å²) in [5.41, 5.74) is 2.03. The summed E-state index contributed by atoms with van der Waals surface area (Å²) in [7, 11) is 0. The van der Waals surface area contributed by atoms with Crippen LogP contribution in [0.25, 0.3) is 20.8 Å². The number of H-pyrrole nitrogens is 1. The molecule has 29 heavy (non-hydrogen) atoms. The standard InChI is InChI=1S/C20H17N5O2S2/c26-15(23-20-25-24-18(29-20)11-5-2-1-3-6-11)10-9-14-21-17(27)16-12-7-4-8-13(12)28-19(16)22-14/h1-3,5-6H,4,7-10H2,(H,21,22,27)(H,23,25,26). The molecule has 4 aromatic rings. The van der Waals surface area contributed by atoms with E-state index in [-0.39, 0.29) is 17.9 Å². The normalized spacial score (nSPS) is 13.0. The molecule has 3 heterocycles. The van der Waals surface area contributed by atoms with E-state index >= 15 is 0 Å². The van der Waals surface area contributed by atoms with Crippen LogP contribution < -0.4 is 10.9 Å². The Hall–Kier alpha value is -2.91. The summed E-state index contributed by atoms with van der Waals surface area (Å²) in [6, 6.07) is 9.70. The fourth-order valence-electron chi connectivity index (χ4n) is 3.55. The van der Waals surface area contributed by atoms with Gasteiger partial charge in [0.15, 0.2) is 0 Å². The monoisotopic (exact) mass is 423 g/mol. The maximum Gasteiger partial charge on any atom is 0.259 e. The molecule has 0 saturated carbocycles. The average Bonchev–Trinajstić information content (AvgIpc) is 3.43. The molecule has 0 saturated heterocycles. The van der Waals surface area contributed by atoms with E-state index < -0.39 is 0 Å². The number of amides is 1. The van der Waals surface area contributed by atoms with Gasteiger partial charge in [-0.3, -0.25) is 9.59 Å². The molecule has 5 rings (SSSR count). The van der Waals surface area contributed by atoms with Gasteiger partial charge in [-0.25, -0.2) is 4.98 Å². The van der Waals surface area contributed by atoms with E-state index in [9.17, 15) is 9.59 Å². The molecule has 0 aliphatic heterocycles. The zero-order valence-corrected chi connectivity index (χ0v) is 17.0. The quantitative estimate of drug-likeness (QED) is 0.511. The average molecular weight is 424 g/mol. The van der Waals surface area contributed by atoms with Crippen LogP contribution in [-0.4, -0.2) is 26.1 Å². The third-order valence-electron chi connectivity index (χ3n) is 4.91. The largest absolute Gasteiger partial charge is 0.310 e. The summed E-state index contributed by atoms with van der Waals surface area (Å²) in [4.78, 5) is 34.3. The van der Waals surface area contributed by atoms with Crippen molar-refractivity contribution in [1.82, 2.24) is 20.2 Å². The number of hydrogen-bond acceptors (Lipinski definition) is 7. The highest BCUT2D eigenvalue weighted by molar-refractivity contribution is 7.19. The van der Waals surface area contributed by atoms with Gasteiger partial charge in [-0.15, -0.1) is 21.5 Å². The van der Waals surface area contributed by atoms with Crippen LogP contribution in [-0.2, 0) is 24.1 Å². The van der Waals surface area contributed by atoms with E-state index in [2.05, 4.69) is 25.5 Å². The van der Waals surface area contributed by atoms with Crippen molar-refractivity contribution < 1.29 is 4.79 Å². The Morgan fingerprint density at radius 3 is 2.86 bits per heavy atom. The van der Waals surface area contributed by atoms with Crippen molar-refractivity contribution in [3.8, 4) is 10.6 Å². The van der Waals surface area contributed by atoms with Gasteiger partial charge in [-0.05, 0) is 24.8 Å². The molecule has 0 spiro atoms. The zero-order valence-electron chi connectivity index (χ0n) is 15.4. The number of carbonyl (C=O) groups excluding carboxylic acids is 1. The first kappa shape index (κ1) is 18.1. The van der Waals surface area contributed by atoms with E-state index in [1.165, 1.54) is 16.2 Å². The van der Waals surface area contributed by atoms with Gasteiger partial charge >= 0.3 is 0 Å². The van der Waals surface area contributed by atoms with Gasteiger partial charge in [0.1, 0.15) is 15.7 Å². The molecule has 146 valence electrons. The summed E-state index contributed by atoms with van der Waals surface area (Å²) in [5, 5.41) is 12.9. The molecule has 0 radical (unpaired) electrons. The molecule has 3 aromatic heterocycles. The molecule has 2 N–H and O–H groups in total. The van der Waals surface area contributed by atoms with E-state index in [1.807, 2.05) is 30.3 Å². The molecule has 9 heteroatoms. The molecular weight excluding hydrogens is 406 g/mol. The van der Waals surface area contributed by atoms with Crippen LogP contribution in [0.5, 0.6) is 0 Å². The second kappa shape index (κ2) is 7.49. The van der Waals surface area contributed by atoms with Gasteiger partial charge in [-0.1, -0.05) is 41.7 Å². The first-order valence-electron chi connectivity index (χ1n) is 9.39. The molecule has 1 aliphatic carbocycles. The lowest BCUT2D eigenvalue weighted by Gasteiger charge is -2.02. The van der Waals surface area contributed by atoms with E-state index in [1.54, 1.807) is 11.3 Å². The molecule has 1 amide bonds. The summed E-state index contributed by atoms with van der Waals surface area (Å²) < 4.78 is 0. The van der Waals surface area contributed by atoms with Gasteiger partial charge in [-0.2, -0.15) is 0 Å². The predicted molar refractivity (Wildman–Crippen MR) is 115 cm³/mol. The molecule has 1 aliphatic rings. The smallest absolute Gasteiger partial charge is 0.259 e. The second-order valence-corrected chi connectivity index (χ2v) is 8.94. The molecule has 0 unspecified atom stereocenters. The van der Waals surface area contributed by atoms with Crippen molar-refractivity contribution >= 4 is 43.9 Å². The number of aryl methyl sites for hydroxylation is 3. The minimum absolute atomic E-state index is 0.0959. The van der Waals surface area contributed by atoms with Crippen molar-refractivity contribution in [2.24, 2.45) is 0 Å². The van der Waals surface area contributed by atoms with Crippen molar-refractivity contribution in [3.05, 3.63) is 57.0 Å². The van der Waals surface area contributed by atoms with Gasteiger partial charge in [0.25, 0.3) is 5.56 Å². The maximum atomic E-state index is 12.5. The van der Waals surface area contributed by atoms with Crippen molar-refractivity contribution in [2.45, 2.75) is 32.1 Å². The highest BCUT2D eigenvalue weighted by Crippen LogP contribution is 2.34. The highest BCUT2D eigenvalue weighted by atomic mass is 32.1. The number of thiophene rings is 1. The number of nitrogens with one attached hydrogen (secondary N) is 2. The fraction of sp³-hybridized carbons (Fsp3) is 0.250. The number of anilines is 1. The summed E-state index contributed by atoms with van der Waals surface area (Å²) in [6.07, 6.45) is 3.66. The number of fused-ring (bicyclic) bond motifs is 3. The number of carbonyl (C=O) groups is 1. The summed E-state index contributed by atoms with van der Waals surface area (Å²) in [5.74, 6) is 0.358. The van der Waals surface area contributed by atoms with Gasteiger partial charge < -0.3 is 10.3 Å². The Morgan fingerprint density at radius 1 is 1.14 bits per heavy atom. The van der Waals surface area contributed by atoms with Gasteiger partial charge in [0, 0.05) is 23.3 Å². The van der Waals surface area contributed by atoms with Crippen LogP contribution in [0.4, 0.5) is 5.13 Å². The van der Waals surface area contributed by atoms with Crippen molar-refractivity contribution in [2.75, 3.05) is 5.32 Å². The number of aromatic amines is 1. The molecule has 0 atom stereocenters. The Balaban J connectivity index is 1.25. The number of benzene rings is 1. The molecule has 1 aromatic carbocycles. The van der Waals surface area contributed by atoms with Crippen LogP contribution in [0.3, 0.4) is 0 Å². The first-order valence-corrected chi connectivity index (χ1v) is 11.0. The minimum atomic E-state index is -0.183. The molecule has 0 bridgehead atoms. The van der Waals surface area contributed by atoms with Crippen LogP contribution in [0.15, 0.2) is 35.1 Å². The lowest BCUT2D eigenvalue weighted by molar-refractivity contribution is -0.116. The lowest BCUT2D eigenvalue weighted by atomic mass is 10.2. The van der Waals surface area contributed by atoms with E-state index in [0.29, 0.717) is 17.4 Å². The van der Waals surface area contributed by atoms with Crippen LogP contribution >= 0.6 is 22.7 Å². The van der Waals surface area contributed by atoms with Gasteiger partial charge in [0.2, 0.25) is 11.0 Å². The third-order valence-corrected chi connectivity index (χ3v) is 6.98. The summed E-state index contributed by atoms with van der Waals surface area (Å²) in [6.45, 7) is 0. The third kappa shape index (κ3) is 3.58. The maximum absolute atomic E-state index is 12.5. The molecule has 0 fully saturated rings. The highest BCUT2D eigenvalue weighted by Gasteiger charge is 2.21. The van der Waals surface area contributed by atoms with Crippen LogP contribution in [0.1, 0.15) is 29.1 Å². The number of nitrogens with zero attached hydrogens (tertiary/aromatic N) is 3. The lowest BCUT2D eigenvalue weighted by Crippen LogP contribution is -2.16. The Labute approximate surface area is 173 Å². The SMILES string of the molecule is O=C(CCc1nc2sc3c(c2c(=O)[nH]1)CCC3)Nc1nnc(-c2ccccc2)s1. The van der Waals surface area contributed by atoms with Crippen LogP contribution in [0.2, 0.25) is 0 Å². The number of aromatic nitrogens is 4. The minimum Gasteiger partial charge on any atom is -0.310 e.